The topological polar surface area (TPSA) is 108 Å². The standard InChI is InChI=1S/C21H22N2O6S/c1-14-12-19(29-23-14)15-8-9-18(28-3)20(13-15)30(25,26)11-10-21(24)22-16-6-4-5-7-17(16)27-2/h4-9,12-13H,10-11H2,1-3H3,(H,22,24). The van der Waals surface area contributed by atoms with Crippen LogP contribution < -0.4 is 14.8 Å². The van der Waals surface area contributed by atoms with E-state index in [4.69, 9.17) is 14.0 Å². The van der Waals surface area contributed by atoms with E-state index >= 15 is 0 Å². The molecular formula is C21H22N2O6S. The Kier molecular flexibility index (Phi) is 6.41. The molecule has 1 amide bonds. The molecule has 1 heterocycles. The smallest absolute Gasteiger partial charge is 0.225 e. The van der Waals surface area contributed by atoms with Crippen LogP contribution in [-0.2, 0) is 14.6 Å². The van der Waals surface area contributed by atoms with Crippen molar-refractivity contribution in [3.05, 3.63) is 54.2 Å². The van der Waals surface area contributed by atoms with E-state index in [0.29, 0.717) is 28.5 Å². The molecule has 0 aliphatic heterocycles. The molecule has 0 aliphatic carbocycles. The highest BCUT2D eigenvalue weighted by Crippen LogP contribution is 2.31. The number of methoxy groups -OCH3 is 2. The minimum absolute atomic E-state index is 0.0124. The maximum atomic E-state index is 12.9. The largest absolute Gasteiger partial charge is 0.495 e. The number of nitrogens with one attached hydrogen (secondary N) is 1. The number of ether oxygens (including phenoxy) is 2. The Labute approximate surface area is 174 Å². The number of sulfone groups is 1. The summed E-state index contributed by atoms with van der Waals surface area (Å²) >= 11 is 0. The van der Waals surface area contributed by atoms with E-state index in [0.717, 1.165) is 0 Å². The molecule has 0 atom stereocenters. The van der Waals surface area contributed by atoms with Crippen LogP contribution in [-0.4, -0.2) is 39.5 Å². The summed E-state index contributed by atoms with van der Waals surface area (Å²) in [6.07, 6.45) is -0.227. The lowest BCUT2D eigenvalue weighted by atomic mass is 10.1. The summed E-state index contributed by atoms with van der Waals surface area (Å²) in [7, 11) is -0.928. The third-order valence-electron chi connectivity index (χ3n) is 4.39. The van der Waals surface area contributed by atoms with Crippen molar-refractivity contribution in [3.63, 3.8) is 0 Å². The number of hydrogen-bond donors (Lipinski definition) is 1. The van der Waals surface area contributed by atoms with Crippen molar-refractivity contribution in [3.8, 4) is 22.8 Å². The second-order valence-corrected chi connectivity index (χ2v) is 8.59. The normalized spacial score (nSPS) is 11.2. The van der Waals surface area contributed by atoms with E-state index in [2.05, 4.69) is 10.5 Å². The fraction of sp³-hybridized carbons (Fsp3) is 0.238. The molecule has 0 unspecified atom stereocenters. The van der Waals surface area contributed by atoms with Crippen molar-refractivity contribution in [2.24, 2.45) is 0 Å². The molecule has 0 fully saturated rings. The van der Waals surface area contributed by atoms with Gasteiger partial charge in [0.15, 0.2) is 15.6 Å². The van der Waals surface area contributed by atoms with Gasteiger partial charge in [0, 0.05) is 18.1 Å². The van der Waals surface area contributed by atoms with Crippen LogP contribution in [0.25, 0.3) is 11.3 Å². The number of rotatable bonds is 8. The van der Waals surface area contributed by atoms with Gasteiger partial charge < -0.3 is 19.3 Å². The Hall–Kier alpha value is -3.33. The van der Waals surface area contributed by atoms with E-state index in [1.807, 2.05) is 0 Å². The minimum Gasteiger partial charge on any atom is -0.495 e. The van der Waals surface area contributed by atoms with Gasteiger partial charge in [0.25, 0.3) is 0 Å². The molecular weight excluding hydrogens is 408 g/mol. The molecule has 8 nitrogen and oxygen atoms in total. The zero-order valence-electron chi connectivity index (χ0n) is 16.8. The molecule has 1 N–H and O–H groups in total. The Bertz CT molecular complexity index is 1150. The van der Waals surface area contributed by atoms with Crippen LogP contribution in [0.2, 0.25) is 0 Å². The SMILES string of the molecule is COc1ccccc1NC(=O)CCS(=O)(=O)c1cc(-c2cc(C)no2)ccc1OC. The quantitative estimate of drug-likeness (QED) is 0.583. The van der Waals surface area contributed by atoms with Crippen molar-refractivity contribution in [2.45, 2.75) is 18.2 Å². The number of benzene rings is 2. The first-order valence-corrected chi connectivity index (χ1v) is 10.8. The summed E-state index contributed by atoms with van der Waals surface area (Å²) in [5, 5.41) is 6.49. The monoisotopic (exact) mass is 430 g/mol. The molecule has 1 aromatic heterocycles. The average molecular weight is 430 g/mol. The molecule has 0 aliphatic rings. The molecule has 3 rings (SSSR count). The predicted octanol–water partition coefficient (Wildman–Crippen LogP) is 3.47. The summed E-state index contributed by atoms with van der Waals surface area (Å²) in [6.45, 7) is 1.77. The number of hydrogen-bond acceptors (Lipinski definition) is 7. The third kappa shape index (κ3) is 4.80. The molecule has 3 aromatic rings. The van der Waals surface area contributed by atoms with Gasteiger partial charge in [-0.05, 0) is 37.3 Å². The fourth-order valence-electron chi connectivity index (χ4n) is 2.87. The lowest BCUT2D eigenvalue weighted by Gasteiger charge is -2.12. The van der Waals surface area contributed by atoms with Gasteiger partial charge in [-0.25, -0.2) is 8.42 Å². The van der Waals surface area contributed by atoms with Gasteiger partial charge in [-0.15, -0.1) is 0 Å². The summed E-state index contributed by atoms with van der Waals surface area (Å²) < 4.78 is 41.5. The van der Waals surface area contributed by atoms with Crippen molar-refractivity contribution < 1.29 is 27.2 Å². The van der Waals surface area contributed by atoms with Gasteiger partial charge in [0.05, 0.1) is 31.4 Å². The van der Waals surface area contributed by atoms with E-state index < -0.39 is 15.7 Å². The van der Waals surface area contributed by atoms with Gasteiger partial charge in [0.2, 0.25) is 5.91 Å². The van der Waals surface area contributed by atoms with Crippen LogP contribution in [0.4, 0.5) is 5.69 Å². The highest BCUT2D eigenvalue weighted by atomic mass is 32.2. The van der Waals surface area contributed by atoms with E-state index in [-0.39, 0.29) is 22.8 Å². The number of nitrogens with zero attached hydrogens (tertiary/aromatic N) is 1. The summed E-state index contributed by atoms with van der Waals surface area (Å²) in [5.74, 6) is 0.304. The molecule has 0 bridgehead atoms. The van der Waals surface area contributed by atoms with Crippen molar-refractivity contribution in [1.82, 2.24) is 5.16 Å². The number of para-hydroxylation sites is 2. The lowest BCUT2D eigenvalue weighted by molar-refractivity contribution is -0.115. The van der Waals surface area contributed by atoms with Gasteiger partial charge >= 0.3 is 0 Å². The number of carbonyl (C=O) groups excluding carboxylic acids is 1. The summed E-state index contributed by atoms with van der Waals surface area (Å²) in [5.41, 5.74) is 1.70. The molecule has 0 spiro atoms. The lowest BCUT2D eigenvalue weighted by Crippen LogP contribution is -2.18. The number of carbonyl (C=O) groups is 1. The van der Waals surface area contributed by atoms with Crippen LogP contribution in [0.5, 0.6) is 11.5 Å². The predicted molar refractivity (Wildman–Crippen MR) is 112 cm³/mol. The van der Waals surface area contributed by atoms with Crippen LogP contribution >= 0.6 is 0 Å². The second kappa shape index (κ2) is 9.00. The Morgan fingerprint density at radius 2 is 1.80 bits per heavy atom. The van der Waals surface area contributed by atoms with Crippen LogP contribution in [0.3, 0.4) is 0 Å². The fourth-order valence-corrected chi connectivity index (χ4v) is 4.31. The van der Waals surface area contributed by atoms with Crippen molar-refractivity contribution >= 4 is 21.4 Å². The van der Waals surface area contributed by atoms with Crippen LogP contribution in [0.15, 0.2) is 57.9 Å². The Balaban J connectivity index is 1.78. The second-order valence-electron chi connectivity index (χ2n) is 6.52. The molecule has 0 radical (unpaired) electrons. The molecule has 30 heavy (non-hydrogen) atoms. The molecule has 9 heteroatoms. The van der Waals surface area contributed by atoms with E-state index in [1.165, 1.54) is 20.3 Å². The number of anilines is 1. The van der Waals surface area contributed by atoms with Crippen molar-refractivity contribution in [1.29, 1.82) is 0 Å². The molecule has 158 valence electrons. The number of aryl methyl sites for hydroxylation is 1. The van der Waals surface area contributed by atoms with E-state index in [9.17, 15) is 13.2 Å². The molecule has 0 saturated carbocycles. The van der Waals surface area contributed by atoms with Gasteiger partial charge in [-0.1, -0.05) is 17.3 Å². The minimum atomic E-state index is -3.81. The zero-order valence-corrected chi connectivity index (χ0v) is 17.7. The van der Waals surface area contributed by atoms with Gasteiger partial charge in [-0.2, -0.15) is 0 Å². The third-order valence-corrected chi connectivity index (χ3v) is 6.12. The number of aromatic nitrogens is 1. The van der Waals surface area contributed by atoms with Gasteiger partial charge in [0.1, 0.15) is 16.4 Å². The average Bonchev–Trinajstić information content (AvgIpc) is 3.18. The first-order chi connectivity index (χ1) is 14.3. The van der Waals surface area contributed by atoms with E-state index in [1.54, 1.807) is 49.4 Å². The van der Waals surface area contributed by atoms with Crippen molar-refractivity contribution in [2.75, 3.05) is 25.3 Å². The zero-order chi connectivity index (χ0) is 21.7. The maximum Gasteiger partial charge on any atom is 0.225 e. The molecule has 2 aromatic carbocycles. The molecule has 0 saturated heterocycles. The number of amides is 1. The Morgan fingerprint density at radius 1 is 1.07 bits per heavy atom. The Morgan fingerprint density at radius 3 is 2.47 bits per heavy atom. The highest BCUT2D eigenvalue weighted by molar-refractivity contribution is 7.91. The highest BCUT2D eigenvalue weighted by Gasteiger charge is 2.23. The van der Waals surface area contributed by atoms with Crippen LogP contribution in [0, 0.1) is 6.92 Å². The first kappa shape index (κ1) is 21.4. The van der Waals surface area contributed by atoms with Crippen LogP contribution in [0.1, 0.15) is 12.1 Å². The maximum absolute atomic E-state index is 12.9. The summed E-state index contributed by atoms with van der Waals surface area (Å²) in [4.78, 5) is 12.3. The van der Waals surface area contributed by atoms with Gasteiger partial charge in [-0.3, -0.25) is 4.79 Å². The first-order valence-electron chi connectivity index (χ1n) is 9.11. The summed E-state index contributed by atoms with van der Waals surface area (Å²) in [6, 6.07) is 13.3.